The molecule has 0 saturated heterocycles. The van der Waals surface area contributed by atoms with Crippen LogP contribution in [0.25, 0.3) is 5.69 Å². The molecular formula is C22H23N3O4. The van der Waals surface area contributed by atoms with Crippen LogP contribution in [0.2, 0.25) is 0 Å². The third-order valence-corrected chi connectivity index (χ3v) is 4.68. The lowest BCUT2D eigenvalue weighted by atomic mass is 10.1. The molecule has 0 spiro atoms. The Morgan fingerprint density at radius 1 is 1.00 bits per heavy atom. The van der Waals surface area contributed by atoms with E-state index in [4.69, 9.17) is 4.74 Å². The average Bonchev–Trinajstić information content (AvgIpc) is 2.70. The fraction of sp³-hybridized carbons (Fsp3) is 0.227. The number of aromatic nitrogens is 2. The minimum atomic E-state index is -0.782. The SMILES string of the molecule is CCOc1ccccc1-n1ccn(CC(=O)Nc2cccc(C)c2C)c(=O)c1=O. The summed E-state index contributed by atoms with van der Waals surface area (Å²) in [4.78, 5) is 37.6. The monoisotopic (exact) mass is 393 g/mol. The van der Waals surface area contributed by atoms with Gasteiger partial charge in [-0.25, -0.2) is 0 Å². The molecule has 7 heteroatoms. The highest BCUT2D eigenvalue weighted by Crippen LogP contribution is 2.21. The average molecular weight is 393 g/mol. The lowest BCUT2D eigenvalue weighted by Crippen LogP contribution is -2.41. The van der Waals surface area contributed by atoms with Crippen LogP contribution < -0.4 is 21.2 Å². The lowest BCUT2D eigenvalue weighted by Gasteiger charge is -2.13. The molecule has 0 fully saturated rings. The molecule has 150 valence electrons. The number of nitrogens with one attached hydrogen (secondary N) is 1. The highest BCUT2D eigenvalue weighted by molar-refractivity contribution is 5.91. The van der Waals surface area contributed by atoms with Gasteiger partial charge < -0.3 is 10.1 Å². The topological polar surface area (TPSA) is 82.3 Å². The summed E-state index contributed by atoms with van der Waals surface area (Å²) in [7, 11) is 0. The summed E-state index contributed by atoms with van der Waals surface area (Å²) < 4.78 is 7.86. The van der Waals surface area contributed by atoms with Crippen LogP contribution in [0.15, 0.2) is 64.4 Å². The summed E-state index contributed by atoms with van der Waals surface area (Å²) >= 11 is 0. The minimum absolute atomic E-state index is 0.255. The van der Waals surface area contributed by atoms with E-state index in [9.17, 15) is 14.4 Å². The van der Waals surface area contributed by atoms with Crippen molar-refractivity contribution >= 4 is 11.6 Å². The predicted molar refractivity (Wildman–Crippen MR) is 112 cm³/mol. The largest absolute Gasteiger partial charge is 0.492 e. The number of aryl methyl sites for hydroxylation is 1. The Morgan fingerprint density at radius 3 is 2.52 bits per heavy atom. The molecule has 29 heavy (non-hydrogen) atoms. The molecule has 7 nitrogen and oxygen atoms in total. The smallest absolute Gasteiger partial charge is 0.321 e. The van der Waals surface area contributed by atoms with Gasteiger partial charge in [0.15, 0.2) is 0 Å². The quantitative estimate of drug-likeness (QED) is 0.653. The van der Waals surface area contributed by atoms with Gasteiger partial charge in [-0.05, 0) is 50.1 Å². The van der Waals surface area contributed by atoms with Crippen LogP contribution in [0, 0.1) is 13.8 Å². The first-order chi connectivity index (χ1) is 13.9. The van der Waals surface area contributed by atoms with Crippen molar-refractivity contribution in [2.45, 2.75) is 27.3 Å². The molecule has 0 atom stereocenters. The molecule has 0 bridgehead atoms. The molecule has 0 saturated carbocycles. The van der Waals surface area contributed by atoms with Crippen molar-refractivity contribution in [1.29, 1.82) is 0 Å². The van der Waals surface area contributed by atoms with Gasteiger partial charge in [-0.15, -0.1) is 0 Å². The molecular weight excluding hydrogens is 370 g/mol. The van der Waals surface area contributed by atoms with E-state index in [0.717, 1.165) is 15.7 Å². The van der Waals surface area contributed by atoms with Crippen LogP contribution >= 0.6 is 0 Å². The van der Waals surface area contributed by atoms with Crippen LogP contribution in [-0.2, 0) is 11.3 Å². The van der Waals surface area contributed by atoms with Crippen LogP contribution in [0.4, 0.5) is 5.69 Å². The third-order valence-electron chi connectivity index (χ3n) is 4.68. The maximum Gasteiger partial charge on any atom is 0.321 e. The van der Waals surface area contributed by atoms with E-state index < -0.39 is 11.1 Å². The van der Waals surface area contributed by atoms with Gasteiger partial charge in [0.25, 0.3) is 0 Å². The number of carbonyl (C=O) groups is 1. The maximum absolute atomic E-state index is 12.6. The van der Waals surface area contributed by atoms with Crippen LogP contribution in [0.3, 0.4) is 0 Å². The Hall–Kier alpha value is -3.61. The molecule has 1 amide bonds. The standard InChI is InChI=1S/C22H23N3O4/c1-4-29-19-11-6-5-10-18(19)25-13-12-24(21(27)22(25)28)14-20(26)23-17-9-7-8-15(2)16(17)3/h5-13H,4,14H2,1-3H3,(H,23,26). The van der Waals surface area contributed by atoms with Gasteiger partial charge in [0, 0.05) is 18.1 Å². The summed E-state index contributed by atoms with van der Waals surface area (Å²) in [6, 6.07) is 12.6. The van der Waals surface area contributed by atoms with E-state index in [0.29, 0.717) is 23.7 Å². The zero-order valence-electron chi connectivity index (χ0n) is 16.6. The minimum Gasteiger partial charge on any atom is -0.492 e. The summed E-state index contributed by atoms with van der Waals surface area (Å²) in [6.45, 7) is 5.88. The molecule has 0 unspecified atom stereocenters. The number of hydrogen-bond donors (Lipinski definition) is 1. The summed E-state index contributed by atoms with van der Waals surface area (Å²) in [5.41, 5.74) is 1.63. The molecule has 2 aromatic carbocycles. The number of para-hydroxylation sites is 2. The molecule has 1 N–H and O–H groups in total. The second-order valence-corrected chi connectivity index (χ2v) is 6.60. The highest BCUT2D eigenvalue weighted by Gasteiger charge is 2.13. The summed E-state index contributed by atoms with van der Waals surface area (Å²) in [6.07, 6.45) is 2.89. The Morgan fingerprint density at radius 2 is 1.76 bits per heavy atom. The van der Waals surface area contributed by atoms with Gasteiger partial charge >= 0.3 is 11.1 Å². The van der Waals surface area contributed by atoms with Crippen molar-refractivity contribution in [2.75, 3.05) is 11.9 Å². The van der Waals surface area contributed by atoms with Crippen molar-refractivity contribution < 1.29 is 9.53 Å². The molecule has 1 heterocycles. The van der Waals surface area contributed by atoms with Crippen molar-refractivity contribution in [1.82, 2.24) is 9.13 Å². The van der Waals surface area contributed by atoms with Gasteiger partial charge in [-0.3, -0.25) is 23.5 Å². The first-order valence-corrected chi connectivity index (χ1v) is 9.32. The van der Waals surface area contributed by atoms with Gasteiger partial charge in [-0.2, -0.15) is 0 Å². The number of hydrogen-bond acceptors (Lipinski definition) is 4. The molecule has 0 aliphatic carbocycles. The van der Waals surface area contributed by atoms with Crippen LogP contribution in [0.5, 0.6) is 5.75 Å². The highest BCUT2D eigenvalue weighted by atomic mass is 16.5. The number of anilines is 1. The summed E-state index contributed by atoms with van der Waals surface area (Å²) in [5, 5.41) is 2.79. The Labute approximate surface area is 168 Å². The second-order valence-electron chi connectivity index (χ2n) is 6.60. The number of benzene rings is 2. The van der Waals surface area contributed by atoms with Crippen molar-refractivity contribution in [3.63, 3.8) is 0 Å². The fourth-order valence-electron chi connectivity index (χ4n) is 2.99. The fourth-order valence-corrected chi connectivity index (χ4v) is 2.99. The third kappa shape index (κ3) is 4.29. The van der Waals surface area contributed by atoms with E-state index in [-0.39, 0.29) is 12.5 Å². The lowest BCUT2D eigenvalue weighted by molar-refractivity contribution is -0.116. The van der Waals surface area contributed by atoms with Crippen LogP contribution in [-0.4, -0.2) is 21.6 Å². The molecule has 0 aliphatic heterocycles. The Bertz CT molecular complexity index is 1160. The Balaban J connectivity index is 1.87. The number of ether oxygens (including phenoxy) is 1. The van der Waals surface area contributed by atoms with Crippen molar-refractivity contribution in [3.05, 3.63) is 86.7 Å². The Kier molecular flexibility index (Phi) is 5.97. The first-order valence-electron chi connectivity index (χ1n) is 9.32. The van der Waals surface area contributed by atoms with Gasteiger partial charge in [0.05, 0.1) is 12.3 Å². The summed E-state index contributed by atoms with van der Waals surface area (Å²) in [5.74, 6) is 0.120. The zero-order chi connectivity index (χ0) is 21.0. The molecule has 0 aliphatic rings. The van der Waals surface area contributed by atoms with Crippen molar-refractivity contribution in [2.24, 2.45) is 0 Å². The normalized spacial score (nSPS) is 10.6. The van der Waals surface area contributed by atoms with E-state index in [1.54, 1.807) is 30.3 Å². The number of rotatable bonds is 6. The van der Waals surface area contributed by atoms with Gasteiger partial charge in [0.1, 0.15) is 12.3 Å². The van der Waals surface area contributed by atoms with Gasteiger partial charge in [0.2, 0.25) is 5.91 Å². The number of nitrogens with zero attached hydrogens (tertiary/aromatic N) is 2. The second kappa shape index (κ2) is 8.60. The maximum atomic E-state index is 12.6. The predicted octanol–water partition coefficient (Wildman–Crippen LogP) is 2.65. The first kappa shape index (κ1) is 20.1. The van der Waals surface area contributed by atoms with Crippen LogP contribution in [0.1, 0.15) is 18.1 Å². The molecule has 3 aromatic rings. The number of amides is 1. The zero-order valence-corrected chi connectivity index (χ0v) is 16.6. The molecule has 0 radical (unpaired) electrons. The van der Waals surface area contributed by atoms with E-state index in [1.807, 2.05) is 32.9 Å². The van der Waals surface area contributed by atoms with E-state index >= 15 is 0 Å². The van der Waals surface area contributed by atoms with Gasteiger partial charge in [-0.1, -0.05) is 24.3 Å². The van der Waals surface area contributed by atoms with E-state index in [1.165, 1.54) is 17.0 Å². The molecule has 3 rings (SSSR count). The van der Waals surface area contributed by atoms with E-state index in [2.05, 4.69) is 5.32 Å². The number of carbonyl (C=O) groups excluding carboxylic acids is 1. The molecule has 1 aromatic heterocycles. The van der Waals surface area contributed by atoms with Crippen molar-refractivity contribution in [3.8, 4) is 11.4 Å².